The minimum absolute atomic E-state index is 0.103. The van der Waals surface area contributed by atoms with E-state index in [-0.39, 0.29) is 18.1 Å². The first-order valence-electron chi connectivity index (χ1n) is 7.65. The Morgan fingerprint density at radius 1 is 1.43 bits per heavy atom. The predicted molar refractivity (Wildman–Crippen MR) is 81.8 cm³/mol. The van der Waals surface area contributed by atoms with Crippen LogP contribution in [0, 0.1) is 12.8 Å². The number of hydrogen-bond donors (Lipinski definition) is 2. The molecule has 1 saturated carbocycles. The zero-order valence-corrected chi connectivity index (χ0v) is 12.9. The molecular formula is C16H25N3O2. The predicted octanol–water partition coefficient (Wildman–Crippen LogP) is 2.08. The van der Waals surface area contributed by atoms with Gasteiger partial charge in [-0.15, -0.1) is 0 Å². The number of aromatic nitrogens is 1. The van der Waals surface area contributed by atoms with Crippen LogP contribution in [0.15, 0.2) is 18.3 Å². The second-order valence-electron chi connectivity index (χ2n) is 5.96. The third-order valence-electron chi connectivity index (χ3n) is 4.14. The molecular weight excluding hydrogens is 266 g/mol. The van der Waals surface area contributed by atoms with E-state index in [4.69, 9.17) is 0 Å². The molecule has 5 nitrogen and oxygen atoms in total. The Morgan fingerprint density at radius 3 is 2.86 bits per heavy atom. The van der Waals surface area contributed by atoms with Crippen molar-refractivity contribution >= 4 is 6.03 Å². The van der Waals surface area contributed by atoms with Gasteiger partial charge in [-0.2, -0.15) is 0 Å². The third kappa shape index (κ3) is 4.70. The number of nitrogens with one attached hydrogen (secondary N) is 1. The van der Waals surface area contributed by atoms with Crippen molar-refractivity contribution in [3.8, 4) is 0 Å². The maximum atomic E-state index is 12.1. The Morgan fingerprint density at radius 2 is 2.19 bits per heavy atom. The maximum absolute atomic E-state index is 12.1. The van der Waals surface area contributed by atoms with E-state index in [0.29, 0.717) is 13.1 Å². The lowest BCUT2D eigenvalue weighted by Crippen LogP contribution is -2.42. The molecule has 1 aliphatic carbocycles. The molecule has 116 valence electrons. The van der Waals surface area contributed by atoms with E-state index >= 15 is 0 Å². The average molecular weight is 291 g/mol. The van der Waals surface area contributed by atoms with E-state index in [1.165, 1.54) is 0 Å². The molecule has 2 rings (SSSR count). The SMILES string of the molecule is Cc1ccc(CNC(=O)N(C)C[C@@H]2CCCC[C@@H]2O)cn1. The number of aliphatic hydroxyl groups is 1. The summed E-state index contributed by atoms with van der Waals surface area (Å²) in [5.41, 5.74) is 1.95. The van der Waals surface area contributed by atoms with Crippen molar-refractivity contribution in [2.24, 2.45) is 5.92 Å². The number of urea groups is 1. The fraction of sp³-hybridized carbons (Fsp3) is 0.625. The Hall–Kier alpha value is -1.62. The van der Waals surface area contributed by atoms with E-state index < -0.39 is 0 Å². The summed E-state index contributed by atoms with van der Waals surface area (Å²) in [6.45, 7) is 3.02. The van der Waals surface area contributed by atoms with Crippen LogP contribution in [0.4, 0.5) is 4.79 Å². The second-order valence-corrected chi connectivity index (χ2v) is 5.96. The van der Waals surface area contributed by atoms with Gasteiger partial charge in [-0.1, -0.05) is 18.9 Å². The zero-order valence-electron chi connectivity index (χ0n) is 12.9. The highest BCUT2D eigenvalue weighted by molar-refractivity contribution is 5.73. The Kier molecular flexibility index (Phi) is 5.56. The van der Waals surface area contributed by atoms with Crippen LogP contribution < -0.4 is 5.32 Å². The largest absolute Gasteiger partial charge is 0.393 e. The fourth-order valence-electron chi connectivity index (χ4n) is 2.75. The van der Waals surface area contributed by atoms with Crippen LogP contribution in [0.5, 0.6) is 0 Å². The number of rotatable bonds is 4. The van der Waals surface area contributed by atoms with Crippen molar-refractivity contribution in [2.45, 2.75) is 45.3 Å². The summed E-state index contributed by atoms with van der Waals surface area (Å²) >= 11 is 0. The molecule has 5 heteroatoms. The molecule has 0 saturated heterocycles. The van der Waals surface area contributed by atoms with Crippen LogP contribution in [0.3, 0.4) is 0 Å². The van der Waals surface area contributed by atoms with Gasteiger partial charge >= 0.3 is 6.03 Å². The Balaban J connectivity index is 1.78. The topological polar surface area (TPSA) is 65.5 Å². The van der Waals surface area contributed by atoms with Gasteiger partial charge in [0, 0.05) is 37.9 Å². The van der Waals surface area contributed by atoms with Gasteiger partial charge in [-0.25, -0.2) is 4.79 Å². The maximum Gasteiger partial charge on any atom is 0.317 e. The van der Waals surface area contributed by atoms with Crippen molar-refractivity contribution in [3.63, 3.8) is 0 Å². The van der Waals surface area contributed by atoms with Crippen LogP contribution in [-0.4, -0.2) is 40.7 Å². The number of carbonyl (C=O) groups excluding carboxylic acids is 1. The minimum Gasteiger partial charge on any atom is -0.393 e. The first-order chi connectivity index (χ1) is 10.1. The molecule has 0 unspecified atom stereocenters. The van der Waals surface area contributed by atoms with E-state index in [0.717, 1.165) is 36.9 Å². The summed E-state index contributed by atoms with van der Waals surface area (Å²) in [5.74, 6) is 0.204. The monoisotopic (exact) mass is 291 g/mol. The van der Waals surface area contributed by atoms with E-state index in [1.807, 2.05) is 19.1 Å². The third-order valence-corrected chi connectivity index (χ3v) is 4.14. The summed E-state index contributed by atoms with van der Waals surface area (Å²) in [4.78, 5) is 18.0. The molecule has 1 aromatic rings. The molecule has 2 N–H and O–H groups in total. The molecule has 1 aromatic heterocycles. The second kappa shape index (κ2) is 7.41. The lowest BCUT2D eigenvalue weighted by Gasteiger charge is -2.31. The molecule has 0 aliphatic heterocycles. The number of pyridine rings is 1. The van der Waals surface area contributed by atoms with E-state index in [2.05, 4.69) is 10.3 Å². The summed E-state index contributed by atoms with van der Waals surface area (Å²) in [6.07, 6.45) is 5.60. The van der Waals surface area contributed by atoms with Gasteiger partial charge in [0.1, 0.15) is 0 Å². The highest BCUT2D eigenvalue weighted by Gasteiger charge is 2.25. The molecule has 2 atom stereocenters. The Labute approximate surface area is 126 Å². The highest BCUT2D eigenvalue weighted by atomic mass is 16.3. The number of carbonyl (C=O) groups is 1. The first-order valence-corrected chi connectivity index (χ1v) is 7.65. The normalized spacial score (nSPS) is 21.9. The van der Waals surface area contributed by atoms with Crippen molar-refractivity contribution in [3.05, 3.63) is 29.6 Å². The molecule has 1 fully saturated rings. The van der Waals surface area contributed by atoms with Gasteiger partial charge in [0.05, 0.1) is 6.10 Å². The van der Waals surface area contributed by atoms with E-state index in [9.17, 15) is 9.90 Å². The number of amides is 2. The number of hydrogen-bond acceptors (Lipinski definition) is 3. The molecule has 0 aromatic carbocycles. The summed E-state index contributed by atoms with van der Waals surface area (Å²) in [5, 5.41) is 12.9. The molecule has 0 spiro atoms. The van der Waals surface area contributed by atoms with Crippen molar-refractivity contribution < 1.29 is 9.90 Å². The van der Waals surface area contributed by atoms with E-state index in [1.54, 1.807) is 18.1 Å². The summed E-state index contributed by atoms with van der Waals surface area (Å²) < 4.78 is 0. The number of nitrogens with zero attached hydrogens (tertiary/aromatic N) is 2. The quantitative estimate of drug-likeness (QED) is 0.892. The van der Waals surface area contributed by atoms with Gasteiger partial charge in [-0.3, -0.25) is 4.98 Å². The Bertz CT molecular complexity index is 461. The molecule has 0 radical (unpaired) electrons. The van der Waals surface area contributed by atoms with Gasteiger partial charge in [-0.05, 0) is 31.4 Å². The molecule has 0 bridgehead atoms. The summed E-state index contributed by atoms with van der Waals surface area (Å²) in [7, 11) is 1.78. The number of aryl methyl sites for hydroxylation is 1. The minimum atomic E-state index is -0.268. The first kappa shape index (κ1) is 15.8. The van der Waals surface area contributed by atoms with Crippen LogP contribution in [0.2, 0.25) is 0 Å². The smallest absolute Gasteiger partial charge is 0.317 e. The van der Waals surface area contributed by atoms with Crippen LogP contribution in [-0.2, 0) is 6.54 Å². The standard InChI is InChI=1S/C16H25N3O2/c1-12-7-8-13(9-17-12)10-18-16(21)19(2)11-14-5-3-4-6-15(14)20/h7-9,14-15,20H,3-6,10-11H2,1-2H3,(H,18,21)/t14-,15-/m0/s1. The van der Waals surface area contributed by atoms with Gasteiger partial charge < -0.3 is 15.3 Å². The van der Waals surface area contributed by atoms with Crippen molar-refractivity contribution in [1.82, 2.24) is 15.2 Å². The van der Waals surface area contributed by atoms with Crippen molar-refractivity contribution in [2.75, 3.05) is 13.6 Å². The molecule has 2 amide bonds. The van der Waals surface area contributed by atoms with Gasteiger partial charge in [0.25, 0.3) is 0 Å². The summed E-state index contributed by atoms with van der Waals surface area (Å²) in [6, 6.07) is 3.80. The van der Waals surface area contributed by atoms with Crippen LogP contribution >= 0.6 is 0 Å². The molecule has 1 aliphatic rings. The lowest BCUT2D eigenvalue weighted by molar-refractivity contribution is 0.0565. The lowest BCUT2D eigenvalue weighted by atomic mass is 9.86. The zero-order chi connectivity index (χ0) is 15.2. The van der Waals surface area contributed by atoms with Gasteiger partial charge in [0.2, 0.25) is 0 Å². The van der Waals surface area contributed by atoms with Gasteiger partial charge in [0.15, 0.2) is 0 Å². The van der Waals surface area contributed by atoms with Crippen LogP contribution in [0.1, 0.15) is 36.9 Å². The average Bonchev–Trinajstić information content (AvgIpc) is 2.48. The highest BCUT2D eigenvalue weighted by Crippen LogP contribution is 2.24. The fourth-order valence-corrected chi connectivity index (χ4v) is 2.75. The molecule has 1 heterocycles. The van der Waals surface area contributed by atoms with Crippen molar-refractivity contribution in [1.29, 1.82) is 0 Å². The molecule has 21 heavy (non-hydrogen) atoms. The number of aliphatic hydroxyl groups excluding tert-OH is 1. The van der Waals surface area contributed by atoms with Crippen LogP contribution in [0.25, 0.3) is 0 Å².